The first-order chi connectivity index (χ1) is 9.69. The summed E-state index contributed by atoms with van der Waals surface area (Å²) in [5.41, 5.74) is 7.46. The number of nitrogens with zero attached hydrogens (tertiary/aromatic N) is 1. The Morgan fingerprint density at radius 1 is 1.40 bits per heavy atom. The van der Waals surface area contributed by atoms with Crippen molar-refractivity contribution in [2.24, 2.45) is 5.73 Å². The Bertz CT molecular complexity index is 537. The average molecular weight is 275 g/mol. The Morgan fingerprint density at radius 2 is 2.15 bits per heavy atom. The summed E-state index contributed by atoms with van der Waals surface area (Å²) < 4.78 is 10.2. The van der Waals surface area contributed by atoms with E-state index in [-0.39, 0.29) is 6.61 Å². The van der Waals surface area contributed by atoms with Crippen LogP contribution in [0, 0.1) is 0 Å². The van der Waals surface area contributed by atoms with Gasteiger partial charge in [0.05, 0.1) is 13.4 Å². The van der Waals surface area contributed by atoms with Crippen molar-refractivity contribution in [3.63, 3.8) is 0 Å². The van der Waals surface area contributed by atoms with Gasteiger partial charge in [0.2, 0.25) is 0 Å². The zero-order valence-corrected chi connectivity index (χ0v) is 11.2. The first-order valence-electron chi connectivity index (χ1n) is 6.21. The Kier molecular flexibility index (Phi) is 4.73. The number of nitrogens with two attached hydrogens (primary N) is 1. The van der Waals surface area contributed by atoms with Crippen molar-refractivity contribution in [3.05, 3.63) is 48.0 Å². The summed E-state index contributed by atoms with van der Waals surface area (Å²) in [7, 11) is 1.60. The number of H-pyrrole nitrogens is 1. The van der Waals surface area contributed by atoms with Crippen LogP contribution in [0.5, 0.6) is 5.75 Å². The molecule has 0 fully saturated rings. The van der Waals surface area contributed by atoms with Crippen molar-refractivity contribution >= 4 is 5.97 Å². The Labute approximate surface area is 116 Å². The monoisotopic (exact) mass is 275 g/mol. The minimum absolute atomic E-state index is 0.194. The van der Waals surface area contributed by atoms with Crippen molar-refractivity contribution < 1.29 is 14.3 Å². The average Bonchev–Trinajstić information content (AvgIpc) is 2.98. The molecule has 0 amide bonds. The number of methoxy groups -OCH3 is 1. The number of carbonyl (C=O) groups excluding carboxylic acids is 1. The number of esters is 1. The topological polar surface area (TPSA) is 90.2 Å². The van der Waals surface area contributed by atoms with Gasteiger partial charge in [0.25, 0.3) is 0 Å². The molecule has 106 valence electrons. The molecule has 1 aromatic carbocycles. The molecule has 1 heterocycles. The lowest BCUT2D eigenvalue weighted by Gasteiger charge is -2.11. The molecule has 3 N–H and O–H groups in total. The van der Waals surface area contributed by atoms with Crippen molar-refractivity contribution in [1.82, 2.24) is 9.97 Å². The molecule has 0 aliphatic rings. The zero-order chi connectivity index (χ0) is 14.4. The van der Waals surface area contributed by atoms with E-state index in [1.54, 1.807) is 19.6 Å². The van der Waals surface area contributed by atoms with Crippen LogP contribution in [-0.4, -0.2) is 29.1 Å². The van der Waals surface area contributed by atoms with Crippen LogP contribution < -0.4 is 10.5 Å². The molecular formula is C14H17N3O3. The van der Waals surface area contributed by atoms with Crippen LogP contribution in [0.1, 0.15) is 11.3 Å². The molecule has 0 saturated carbocycles. The number of hydrogen-bond acceptors (Lipinski definition) is 5. The van der Waals surface area contributed by atoms with E-state index < -0.39 is 12.0 Å². The smallest absolute Gasteiger partial charge is 0.323 e. The lowest BCUT2D eigenvalue weighted by Crippen LogP contribution is -2.34. The predicted molar refractivity (Wildman–Crippen MR) is 73.1 cm³/mol. The third kappa shape index (κ3) is 3.83. The van der Waals surface area contributed by atoms with Crippen molar-refractivity contribution in [2.75, 3.05) is 7.11 Å². The Balaban J connectivity index is 1.81. The van der Waals surface area contributed by atoms with Gasteiger partial charge >= 0.3 is 5.97 Å². The number of aromatic nitrogens is 2. The fourth-order valence-corrected chi connectivity index (χ4v) is 1.70. The second-order valence-electron chi connectivity index (χ2n) is 4.34. The SMILES string of the molecule is COc1ccc(COC(=O)[C@H](N)Cc2cnc[nH]2)cc1. The molecule has 1 aromatic heterocycles. The van der Waals surface area contributed by atoms with Crippen LogP contribution in [0.25, 0.3) is 0 Å². The molecule has 0 bridgehead atoms. The molecule has 6 heteroatoms. The standard InChI is InChI=1S/C14H17N3O3/c1-19-12-4-2-10(3-5-12)8-20-14(18)13(15)6-11-7-16-9-17-11/h2-5,7,9,13H,6,8,15H2,1H3,(H,16,17)/t13-/m1/s1. The highest BCUT2D eigenvalue weighted by atomic mass is 16.5. The second-order valence-corrected chi connectivity index (χ2v) is 4.34. The highest BCUT2D eigenvalue weighted by Gasteiger charge is 2.16. The highest BCUT2D eigenvalue weighted by Crippen LogP contribution is 2.12. The molecule has 0 radical (unpaired) electrons. The molecule has 1 atom stereocenters. The summed E-state index contributed by atoms with van der Waals surface area (Å²) in [5, 5.41) is 0. The van der Waals surface area contributed by atoms with E-state index in [2.05, 4.69) is 9.97 Å². The van der Waals surface area contributed by atoms with E-state index >= 15 is 0 Å². The quantitative estimate of drug-likeness (QED) is 0.768. The number of hydrogen-bond donors (Lipinski definition) is 2. The van der Waals surface area contributed by atoms with Gasteiger partial charge in [0, 0.05) is 18.3 Å². The minimum atomic E-state index is -0.700. The third-order valence-electron chi connectivity index (χ3n) is 2.84. The maximum atomic E-state index is 11.8. The van der Waals surface area contributed by atoms with Gasteiger partial charge in [-0.2, -0.15) is 0 Å². The van der Waals surface area contributed by atoms with Gasteiger partial charge < -0.3 is 20.2 Å². The first-order valence-corrected chi connectivity index (χ1v) is 6.21. The molecular weight excluding hydrogens is 258 g/mol. The van der Waals surface area contributed by atoms with E-state index in [9.17, 15) is 4.79 Å². The number of imidazole rings is 1. The second kappa shape index (κ2) is 6.72. The number of nitrogens with one attached hydrogen (secondary N) is 1. The van der Waals surface area contributed by atoms with Gasteiger partial charge in [-0.3, -0.25) is 4.79 Å². The number of ether oxygens (including phenoxy) is 2. The molecule has 0 spiro atoms. The minimum Gasteiger partial charge on any atom is -0.497 e. The molecule has 6 nitrogen and oxygen atoms in total. The van der Waals surface area contributed by atoms with E-state index in [4.69, 9.17) is 15.2 Å². The number of carbonyl (C=O) groups is 1. The molecule has 0 aliphatic carbocycles. The fourth-order valence-electron chi connectivity index (χ4n) is 1.70. The lowest BCUT2D eigenvalue weighted by atomic mass is 10.2. The molecule has 2 rings (SSSR count). The summed E-state index contributed by atoms with van der Waals surface area (Å²) in [6.45, 7) is 0.194. The van der Waals surface area contributed by atoms with Crippen LogP contribution in [0.4, 0.5) is 0 Å². The van der Waals surface area contributed by atoms with Gasteiger partial charge in [-0.25, -0.2) is 4.98 Å². The van der Waals surface area contributed by atoms with E-state index in [1.165, 1.54) is 0 Å². The maximum Gasteiger partial charge on any atom is 0.323 e. The summed E-state index contributed by atoms with van der Waals surface area (Å²) in [4.78, 5) is 18.5. The van der Waals surface area contributed by atoms with E-state index in [0.29, 0.717) is 6.42 Å². The Morgan fingerprint density at radius 3 is 2.75 bits per heavy atom. The maximum absolute atomic E-state index is 11.8. The van der Waals surface area contributed by atoms with Gasteiger partial charge in [0.15, 0.2) is 0 Å². The summed E-state index contributed by atoms with van der Waals surface area (Å²) in [6, 6.07) is 6.61. The predicted octanol–water partition coefficient (Wildman–Crippen LogP) is 1.03. The van der Waals surface area contributed by atoms with Gasteiger partial charge in [-0.05, 0) is 17.7 Å². The van der Waals surface area contributed by atoms with Crippen molar-refractivity contribution in [1.29, 1.82) is 0 Å². The van der Waals surface area contributed by atoms with Crippen LogP contribution in [0.3, 0.4) is 0 Å². The van der Waals surface area contributed by atoms with Gasteiger partial charge in [-0.15, -0.1) is 0 Å². The van der Waals surface area contributed by atoms with Crippen LogP contribution >= 0.6 is 0 Å². The van der Waals surface area contributed by atoms with Crippen molar-refractivity contribution in [3.8, 4) is 5.75 Å². The van der Waals surface area contributed by atoms with E-state index in [1.807, 2.05) is 24.3 Å². The molecule has 0 aliphatic heterocycles. The summed E-state index contributed by atoms with van der Waals surface area (Å²) >= 11 is 0. The molecule has 2 aromatic rings. The Hall–Kier alpha value is -2.34. The summed E-state index contributed by atoms with van der Waals surface area (Å²) in [6.07, 6.45) is 3.56. The number of benzene rings is 1. The highest BCUT2D eigenvalue weighted by molar-refractivity contribution is 5.75. The van der Waals surface area contributed by atoms with Crippen LogP contribution in [-0.2, 0) is 22.6 Å². The van der Waals surface area contributed by atoms with Crippen LogP contribution in [0.15, 0.2) is 36.8 Å². The van der Waals surface area contributed by atoms with Gasteiger partial charge in [-0.1, -0.05) is 12.1 Å². The normalized spacial score (nSPS) is 11.9. The first kappa shape index (κ1) is 14.1. The lowest BCUT2D eigenvalue weighted by molar-refractivity contribution is -0.146. The molecule has 0 saturated heterocycles. The fraction of sp³-hybridized carbons (Fsp3) is 0.286. The zero-order valence-electron chi connectivity index (χ0n) is 11.2. The largest absolute Gasteiger partial charge is 0.497 e. The van der Waals surface area contributed by atoms with Crippen LogP contribution in [0.2, 0.25) is 0 Å². The summed E-state index contributed by atoms with van der Waals surface area (Å²) in [5.74, 6) is 0.325. The van der Waals surface area contributed by atoms with E-state index in [0.717, 1.165) is 17.0 Å². The van der Waals surface area contributed by atoms with Gasteiger partial charge in [0.1, 0.15) is 18.4 Å². The number of aromatic amines is 1. The van der Waals surface area contributed by atoms with Crippen molar-refractivity contribution in [2.45, 2.75) is 19.1 Å². The number of rotatable bonds is 6. The third-order valence-corrected chi connectivity index (χ3v) is 2.84. The molecule has 0 unspecified atom stereocenters. The molecule has 20 heavy (non-hydrogen) atoms.